The lowest BCUT2D eigenvalue weighted by Crippen LogP contribution is -2.45. The first kappa shape index (κ1) is 17.5. The van der Waals surface area contributed by atoms with Crippen molar-refractivity contribution < 1.29 is 10.2 Å². The highest BCUT2D eigenvalue weighted by Gasteiger charge is 2.43. The minimum absolute atomic E-state index is 0.00915. The van der Waals surface area contributed by atoms with Gasteiger partial charge in [0.2, 0.25) is 0 Å². The largest absolute Gasteiger partial charge is 0.396 e. The topological polar surface area (TPSA) is 91.2 Å². The highest BCUT2D eigenvalue weighted by Crippen LogP contribution is 2.36. The summed E-state index contributed by atoms with van der Waals surface area (Å²) in [6.07, 6.45) is 9.94. The van der Waals surface area contributed by atoms with E-state index in [9.17, 15) is 10.2 Å². The van der Waals surface area contributed by atoms with Gasteiger partial charge in [-0.3, -0.25) is 4.98 Å². The molecule has 0 radical (unpaired) electrons. The Morgan fingerprint density at radius 3 is 2.73 bits per heavy atom. The molecule has 0 saturated heterocycles. The first-order valence-corrected chi connectivity index (χ1v) is 9.52. The van der Waals surface area contributed by atoms with Crippen LogP contribution in [0.2, 0.25) is 0 Å². The molecule has 2 aromatic heterocycles. The molecule has 2 aliphatic carbocycles. The monoisotopic (exact) mass is 354 g/mol. The van der Waals surface area contributed by atoms with E-state index in [1.165, 1.54) is 19.3 Å². The van der Waals surface area contributed by atoms with Crippen LogP contribution >= 0.6 is 0 Å². The highest BCUT2D eigenvalue weighted by atomic mass is 16.3. The number of aliphatic hydroxyl groups excluding tert-OH is 2. The Labute approximate surface area is 153 Å². The van der Waals surface area contributed by atoms with Gasteiger partial charge in [-0.2, -0.15) is 0 Å². The molecule has 3 N–H and O–H groups in total. The molecule has 4 rings (SSSR count). The van der Waals surface area contributed by atoms with E-state index < -0.39 is 6.10 Å². The van der Waals surface area contributed by atoms with Crippen LogP contribution in [0.5, 0.6) is 0 Å². The van der Waals surface area contributed by atoms with Crippen molar-refractivity contribution in [1.29, 1.82) is 0 Å². The zero-order valence-corrected chi connectivity index (χ0v) is 14.8. The van der Waals surface area contributed by atoms with Gasteiger partial charge in [0, 0.05) is 54.5 Å². The lowest BCUT2D eigenvalue weighted by molar-refractivity contribution is 0.0714. The van der Waals surface area contributed by atoms with Gasteiger partial charge >= 0.3 is 0 Å². The van der Waals surface area contributed by atoms with Crippen LogP contribution in [0.1, 0.15) is 31.4 Å². The van der Waals surface area contributed by atoms with E-state index in [4.69, 9.17) is 4.98 Å². The second-order valence-corrected chi connectivity index (χ2v) is 7.53. The first-order chi connectivity index (χ1) is 12.7. The van der Waals surface area contributed by atoms with Gasteiger partial charge in [0.05, 0.1) is 6.10 Å². The van der Waals surface area contributed by atoms with E-state index >= 15 is 0 Å². The van der Waals surface area contributed by atoms with E-state index in [0.717, 1.165) is 17.7 Å². The van der Waals surface area contributed by atoms with Crippen LogP contribution in [0.25, 0.3) is 11.4 Å². The summed E-state index contributed by atoms with van der Waals surface area (Å²) in [6, 6.07) is 6.54. The third kappa shape index (κ3) is 3.63. The fourth-order valence-electron chi connectivity index (χ4n) is 4.20. The normalized spacial score (nSPS) is 28.8. The molecule has 0 bridgehead atoms. The van der Waals surface area contributed by atoms with Gasteiger partial charge < -0.3 is 15.5 Å². The fourth-order valence-corrected chi connectivity index (χ4v) is 4.20. The van der Waals surface area contributed by atoms with E-state index in [1.54, 1.807) is 18.6 Å². The molecule has 2 heterocycles. The van der Waals surface area contributed by atoms with Crippen LogP contribution in [-0.4, -0.2) is 50.0 Å². The third-order valence-electron chi connectivity index (χ3n) is 5.90. The van der Waals surface area contributed by atoms with Crippen LogP contribution in [-0.2, 0) is 6.42 Å². The van der Waals surface area contributed by atoms with Crippen molar-refractivity contribution >= 4 is 0 Å². The minimum Gasteiger partial charge on any atom is -0.396 e. The number of pyridine rings is 1. The van der Waals surface area contributed by atoms with Crippen LogP contribution in [0, 0.1) is 11.8 Å². The van der Waals surface area contributed by atoms with E-state index in [1.807, 2.05) is 18.2 Å². The van der Waals surface area contributed by atoms with Gasteiger partial charge in [0.25, 0.3) is 0 Å². The Morgan fingerprint density at radius 2 is 2.04 bits per heavy atom. The number of nitrogens with one attached hydrogen (secondary N) is 1. The van der Waals surface area contributed by atoms with Gasteiger partial charge in [-0.05, 0) is 49.8 Å². The summed E-state index contributed by atoms with van der Waals surface area (Å²) in [6.45, 7) is 0.00915. The molecule has 0 aliphatic heterocycles. The lowest BCUT2D eigenvalue weighted by Gasteiger charge is -2.33. The third-order valence-corrected chi connectivity index (χ3v) is 5.90. The maximum atomic E-state index is 10.4. The molecular formula is C20H26N4O2. The molecule has 0 unspecified atom stereocenters. The van der Waals surface area contributed by atoms with Crippen LogP contribution < -0.4 is 5.32 Å². The molecule has 138 valence electrons. The summed E-state index contributed by atoms with van der Waals surface area (Å²) in [5, 5.41) is 23.9. The lowest BCUT2D eigenvalue weighted by atomic mass is 9.86. The predicted molar refractivity (Wildman–Crippen MR) is 98.2 cm³/mol. The zero-order valence-electron chi connectivity index (χ0n) is 14.8. The molecule has 2 fully saturated rings. The molecule has 4 atom stereocenters. The summed E-state index contributed by atoms with van der Waals surface area (Å²) >= 11 is 0. The maximum Gasteiger partial charge on any atom is 0.160 e. The molecule has 26 heavy (non-hydrogen) atoms. The van der Waals surface area contributed by atoms with Gasteiger partial charge in [-0.15, -0.1) is 0 Å². The van der Waals surface area contributed by atoms with Crippen molar-refractivity contribution in [1.82, 2.24) is 20.3 Å². The number of aromatic nitrogens is 3. The molecule has 0 spiro atoms. The van der Waals surface area contributed by atoms with E-state index in [0.29, 0.717) is 18.3 Å². The standard InChI is InChI=1S/C20H26N4O2/c25-12-17-16(18(10-19(17)26)23-14-4-1-5-14)9-15-6-8-22-20(24-15)13-3-2-7-21-11-13/h2-3,6-8,11,14,16-19,23,25-26H,1,4-5,9-10,12H2/t16-,17-,18-,19-/m1/s1. The summed E-state index contributed by atoms with van der Waals surface area (Å²) in [5.74, 6) is 0.731. The van der Waals surface area contributed by atoms with Crippen molar-refractivity contribution in [2.24, 2.45) is 11.8 Å². The van der Waals surface area contributed by atoms with Gasteiger partial charge in [0.1, 0.15) is 0 Å². The zero-order chi connectivity index (χ0) is 17.9. The molecule has 2 saturated carbocycles. The van der Waals surface area contributed by atoms with Crippen LogP contribution in [0.4, 0.5) is 0 Å². The van der Waals surface area contributed by atoms with E-state index in [2.05, 4.69) is 15.3 Å². The number of hydrogen-bond donors (Lipinski definition) is 3. The van der Waals surface area contributed by atoms with E-state index in [-0.39, 0.29) is 24.5 Å². The molecule has 0 amide bonds. The number of aliphatic hydroxyl groups is 2. The maximum absolute atomic E-state index is 10.4. The minimum atomic E-state index is -0.456. The highest BCUT2D eigenvalue weighted by molar-refractivity contribution is 5.52. The summed E-state index contributed by atoms with van der Waals surface area (Å²) in [5.41, 5.74) is 1.83. The van der Waals surface area contributed by atoms with Crippen molar-refractivity contribution in [3.8, 4) is 11.4 Å². The second-order valence-electron chi connectivity index (χ2n) is 7.53. The van der Waals surface area contributed by atoms with Gasteiger partial charge in [-0.25, -0.2) is 9.97 Å². The Hall–Kier alpha value is -1.89. The number of nitrogens with zero attached hydrogens (tertiary/aromatic N) is 3. The van der Waals surface area contributed by atoms with Gasteiger partial charge in [0.15, 0.2) is 5.82 Å². The quantitative estimate of drug-likeness (QED) is 0.730. The first-order valence-electron chi connectivity index (χ1n) is 9.52. The molecule has 6 nitrogen and oxygen atoms in total. The summed E-state index contributed by atoms with van der Waals surface area (Å²) in [7, 11) is 0. The number of hydrogen-bond acceptors (Lipinski definition) is 6. The van der Waals surface area contributed by atoms with Crippen molar-refractivity contribution in [2.45, 2.75) is 50.3 Å². The van der Waals surface area contributed by atoms with Crippen molar-refractivity contribution in [3.63, 3.8) is 0 Å². The Kier molecular flexibility index (Phi) is 5.24. The Balaban J connectivity index is 1.53. The summed E-state index contributed by atoms with van der Waals surface area (Å²) in [4.78, 5) is 13.2. The molecule has 2 aliphatic rings. The SMILES string of the molecule is OC[C@@H]1[C@@H](Cc2ccnc(-c3cccnc3)n2)[C@H](NC2CCC2)C[C@H]1O. The average molecular weight is 354 g/mol. The Bertz CT molecular complexity index is 723. The van der Waals surface area contributed by atoms with Crippen molar-refractivity contribution in [2.75, 3.05) is 6.61 Å². The molecule has 0 aromatic carbocycles. The van der Waals surface area contributed by atoms with Crippen LogP contribution in [0.15, 0.2) is 36.8 Å². The molecule has 2 aromatic rings. The average Bonchev–Trinajstić information content (AvgIpc) is 2.93. The number of rotatable bonds is 6. The predicted octanol–water partition coefficient (Wildman–Crippen LogP) is 1.58. The van der Waals surface area contributed by atoms with Crippen molar-refractivity contribution in [3.05, 3.63) is 42.5 Å². The Morgan fingerprint density at radius 1 is 1.15 bits per heavy atom. The summed E-state index contributed by atoms with van der Waals surface area (Å²) < 4.78 is 0. The van der Waals surface area contributed by atoms with Crippen LogP contribution in [0.3, 0.4) is 0 Å². The fraction of sp³-hybridized carbons (Fsp3) is 0.550. The smallest absolute Gasteiger partial charge is 0.160 e. The molecule has 6 heteroatoms. The van der Waals surface area contributed by atoms with Gasteiger partial charge in [-0.1, -0.05) is 6.42 Å². The molecular weight excluding hydrogens is 328 g/mol. The second kappa shape index (κ2) is 7.78.